The third-order valence-electron chi connectivity index (χ3n) is 4.00. The molecular weight excluding hydrogens is 256 g/mol. The number of nitrogens with one attached hydrogen (secondary N) is 1. The van der Waals surface area contributed by atoms with Crippen LogP contribution in [0.3, 0.4) is 0 Å². The Kier molecular flexibility index (Phi) is 5.19. The lowest BCUT2D eigenvalue weighted by atomic mass is 10.0. The van der Waals surface area contributed by atoms with E-state index in [1.54, 1.807) is 11.3 Å². The molecule has 0 radical (unpaired) electrons. The van der Waals surface area contributed by atoms with Gasteiger partial charge in [-0.3, -0.25) is 0 Å². The fraction of sp³-hybridized carbons (Fsp3) is 0.786. The van der Waals surface area contributed by atoms with Gasteiger partial charge in [0, 0.05) is 24.5 Å². The Hall–Kier alpha value is -0.650. The van der Waals surface area contributed by atoms with Crippen molar-refractivity contribution in [3.8, 4) is 0 Å². The summed E-state index contributed by atoms with van der Waals surface area (Å²) in [7, 11) is 4.40. The molecule has 19 heavy (non-hydrogen) atoms. The van der Waals surface area contributed by atoms with E-state index in [2.05, 4.69) is 48.4 Å². The molecule has 2 heterocycles. The standard InChI is InChI=1S/C14H26N4S/c1-5-15-11(2)13-10-19-14(16-13)18(4)12-6-8-17(3)9-7-12/h10-12,15H,5-9H2,1-4H3. The van der Waals surface area contributed by atoms with E-state index >= 15 is 0 Å². The lowest BCUT2D eigenvalue weighted by Crippen LogP contribution is -2.42. The number of thiazole rings is 1. The molecule has 0 aliphatic carbocycles. The van der Waals surface area contributed by atoms with Crippen LogP contribution in [0, 0.1) is 0 Å². The van der Waals surface area contributed by atoms with Gasteiger partial charge in [0.15, 0.2) is 5.13 Å². The zero-order valence-electron chi connectivity index (χ0n) is 12.5. The van der Waals surface area contributed by atoms with E-state index in [-0.39, 0.29) is 0 Å². The minimum absolute atomic E-state index is 0.348. The summed E-state index contributed by atoms with van der Waals surface area (Å²) >= 11 is 1.77. The molecule has 0 amide bonds. The second kappa shape index (κ2) is 6.68. The average molecular weight is 282 g/mol. The van der Waals surface area contributed by atoms with Gasteiger partial charge in [-0.05, 0) is 46.4 Å². The van der Waals surface area contributed by atoms with Gasteiger partial charge in [0.05, 0.1) is 5.69 Å². The molecule has 1 atom stereocenters. The first-order valence-corrected chi connectivity index (χ1v) is 8.10. The largest absolute Gasteiger partial charge is 0.348 e. The molecular formula is C14H26N4S. The minimum atomic E-state index is 0.348. The number of hydrogen-bond acceptors (Lipinski definition) is 5. The lowest BCUT2D eigenvalue weighted by molar-refractivity contribution is 0.253. The van der Waals surface area contributed by atoms with Crippen LogP contribution in [0.2, 0.25) is 0 Å². The van der Waals surface area contributed by atoms with Gasteiger partial charge in [-0.2, -0.15) is 0 Å². The Morgan fingerprint density at radius 2 is 2.21 bits per heavy atom. The first kappa shape index (κ1) is 14.8. The summed E-state index contributed by atoms with van der Waals surface area (Å²) in [6.45, 7) is 7.69. The highest BCUT2D eigenvalue weighted by Gasteiger charge is 2.22. The summed E-state index contributed by atoms with van der Waals surface area (Å²) in [5.41, 5.74) is 1.17. The normalized spacial score (nSPS) is 19.6. The molecule has 0 spiro atoms. The van der Waals surface area contributed by atoms with Crippen molar-refractivity contribution < 1.29 is 0 Å². The van der Waals surface area contributed by atoms with Gasteiger partial charge in [0.1, 0.15) is 0 Å². The van der Waals surface area contributed by atoms with Crippen LogP contribution in [0.5, 0.6) is 0 Å². The van der Waals surface area contributed by atoms with E-state index in [0.29, 0.717) is 12.1 Å². The van der Waals surface area contributed by atoms with Crippen molar-refractivity contribution in [2.45, 2.75) is 38.8 Å². The van der Waals surface area contributed by atoms with Gasteiger partial charge < -0.3 is 15.1 Å². The van der Waals surface area contributed by atoms with Crippen molar-refractivity contribution in [1.29, 1.82) is 0 Å². The third-order valence-corrected chi connectivity index (χ3v) is 4.95. The van der Waals surface area contributed by atoms with Gasteiger partial charge in [0.25, 0.3) is 0 Å². The van der Waals surface area contributed by atoms with Gasteiger partial charge >= 0.3 is 0 Å². The number of piperidine rings is 1. The van der Waals surface area contributed by atoms with E-state index in [9.17, 15) is 0 Å². The maximum atomic E-state index is 4.79. The van der Waals surface area contributed by atoms with Crippen LogP contribution in [0.25, 0.3) is 0 Å². The Labute approximate surface area is 120 Å². The van der Waals surface area contributed by atoms with Crippen molar-refractivity contribution in [2.75, 3.05) is 38.6 Å². The van der Waals surface area contributed by atoms with Crippen LogP contribution in [0.1, 0.15) is 38.4 Å². The molecule has 1 aromatic heterocycles. The molecule has 1 unspecified atom stereocenters. The van der Waals surface area contributed by atoms with Crippen molar-refractivity contribution in [1.82, 2.24) is 15.2 Å². The summed E-state index contributed by atoms with van der Waals surface area (Å²) in [5, 5.41) is 6.77. The molecule has 108 valence electrons. The Morgan fingerprint density at radius 3 is 2.84 bits per heavy atom. The molecule has 1 aliphatic rings. The van der Waals surface area contributed by atoms with Crippen LogP contribution in [0.4, 0.5) is 5.13 Å². The van der Waals surface area contributed by atoms with E-state index in [4.69, 9.17) is 4.98 Å². The maximum Gasteiger partial charge on any atom is 0.185 e. The molecule has 4 nitrogen and oxygen atoms in total. The Bertz CT molecular complexity index is 385. The third kappa shape index (κ3) is 3.68. The maximum absolute atomic E-state index is 4.79. The van der Waals surface area contributed by atoms with Crippen LogP contribution < -0.4 is 10.2 Å². The van der Waals surface area contributed by atoms with Crippen molar-refractivity contribution >= 4 is 16.5 Å². The summed E-state index contributed by atoms with van der Waals surface area (Å²) < 4.78 is 0. The molecule has 1 aromatic rings. The number of likely N-dealkylation sites (tertiary alicyclic amines) is 1. The number of hydrogen-bond donors (Lipinski definition) is 1. The van der Waals surface area contributed by atoms with Gasteiger partial charge in [-0.1, -0.05) is 6.92 Å². The highest BCUT2D eigenvalue weighted by Crippen LogP contribution is 2.27. The van der Waals surface area contributed by atoms with Crippen LogP contribution in [-0.4, -0.2) is 49.7 Å². The fourth-order valence-electron chi connectivity index (χ4n) is 2.59. The summed E-state index contributed by atoms with van der Waals surface area (Å²) in [6, 6.07) is 0.991. The highest BCUT2D eigenvalue weighted by atomic mass is 32.1. The van der Waals surface area contributed by atoms with Crippen molar-refractivity contribution in [3.05, 3.63) is 11.1 Å². The van der Waals surface area contributed by atoms with Crippen LogP contribution in [-0.2, 0) is 0 Å². The zero-order valence-corrected chi connectivity index (χ0v) is 13.3. The molecule has 5 heteroatoms. The fourth-order valence-corrected chi connectivity index (χ4v) is 3.54. The van der Waals surface area contributed by atoms with Gasteiger partial charge in [0.2, 0.25) is 0 Å². The molecule has 1 N–H and O–H groups in total. The van der Waals surface area contributed by atoms with Gasteiger partial charge in [-0.25, -0.2) is 4.98 Å². The predicted molar refractivity (Wildman–Crippen MR) is 83.1 cm³/mol. The SMILES string of the molecule is CCNC(C)c1csc(N(C)C2CCN(C)CC2)n1. The molecule has 0 aromatic carbocycles. The Morgan fingerprint density at radius 1 is 1.53 bits per heavy atom. The first-order chi connectivity index (χ1) is 9.11. The summed E-state index contributed by atoms with van der Waals surface area (Å²) in [4.78, 5) is 9.57. The molecule has 0 saturated carbocycles. The molecule has 1 fully saturated rings. The monoisotopic (exact) mass is 282 g/mol. The average Bonchev–Trinajstić information content (AvgIpc) is 2.89. The Balaban J connectivity index is 1.97. The molecule has 2 rings (SSSR count). The van der Waals surface area contributed by atoms with E-state index in [1.165, 1.54) is 31.6 Å². The topological polar surface area (TPSA) is 31.4 Å². The second-order valence-corrected chi connectivity index (χ2v) is 6.32. The quantitative estimate of drug-likeness (QED) is 0.898. The van der Waals surface area contributed by atoms with E-state index in [0.717, 1.165) is 11.7 Å². The smallest absolute Gasteiger partial charge is 0.185 e. The van der Waals surface area contributed by atoms with Crippen LogP contribution in [0.15, 0.2) is 5.38 Å². The summed E-state index contributed by atoms with van der Waals surface area (Å²) in [5.74, 6) is 0. The summed E-state index contributed by atoms with van der Waals surface area (Å²) in [6.07, 6.45) is 2.48. The number of rotatable bonds is 5. The molecule has 0 bridgehead atoms. The van der Waals surface area contributed by atoms with Crippen LogP contribution >= 0.6 is 11.3 Å². The first-order valence-electron chi connectivity index (χ1n) is 7.22. The number of anilines is 1. The van der Waals surface area contributed by atoms with E-state index < -0.39 is 0 Å². The predicted octanol–water partition coefficient (Wildman–Crippen LogP) is 2.34. The molecule has 1 aliphatic heterocycles. The van der Waals surface area contributed by atoms with Gasteiger partial charge in [-0.15, -0.1) is 11.3 Å². The number of aromatic nitrogens is 1. The minimum Gasteiger partial charge on any atom is -0.348 e. The zero-order chi connectivity index (χ0) is 13.8. The van der Waals surface area contributed by atoms with Crippen molar-refractivity contribution in [3.63, 3.8) is 0 Å². The highest BCUT2D eigenvalue weighted by molar-refractivity contribution is 7.13. The number of nitrogens with zero attached hydrogens (tertiary/aromatic N) is 3. The van der Waals surface area contributed by atoms with E-state index in [1.807, 2.05) is 0 Å². The second-order valence-electron chi connectivity index (χ2n) is 5.48. The van der Waals surface area contributed by atoms with Crippen molar-refractivity contribution in [2.24, 2.45) is 0 Å². The molecule has 1 saturated heterocycles. The lowest BCUT2D eigenvalue weighted by Gasteiger charge is -2.34.